The van der Waals surface area contributed by atoms with E-state index in [-0.39, 0.29) is 17.4 Å². The lowest BCUT2D eigenvalue weighted by Gasteiger charge is -2.16. The van der Waals surface area contributed by atoms with E-state index < -0.39 is 0 Å². The van der Waals surface area contributed by atoms with Gasteiger partial charge in [0.05, 0.1) is 6.61 Å². The van der Waals surface area contributed by atoms with Crippen LogP contribution >= 0.6 is 0 Å². The smallest absolute Gasteiger partial charge is 0.227 e. The highest BCUT2D eigenvalue weighted by Gasteiger charge is 2.22. The minimum Gasteiger partial charge on any atom is -0.504 e. The molecule has 1 heterocycles. The molecule has 1 amide bonds. The lowest BCUT2D eigenvalue weighted by Crippen LogP contribution is -2.23. The zero-order chi connectivity index (χ0) is 18.5. The molecule has 0 spiro atoms. The molecular formula is C21H21NO4. The van der Waals surface area contributed by atoms with Gasteiger partial charge in [-0.25, -0.2) is 0 Å². The molecule has 26 heavy (non-hydrogen) atoms. The zero-order valence-electron chi connectivity index (χ0n) is 14.6. The van der Waals surface area contributed by atoms with Gasteiger partial charge in [0.1, 0.15) is 0 Å². The van der Waals surface area contributed by atoms with Crippen molar-refractivity contribution in [3.63, 3.8) is 0 Å². The molecular weight excluding hydrogens is 330 g/mol. The second kappa shape index (κ2) is 7.87. The topological polar surface area (TPSA) is 66.8 Å². The highest BCUT2D eigenvalue weighted by Crippen LogP contribution is 2.27. The van der Waals surface area contributed by atoms with Crippen LogP contribution in [0.15, 0.2) is 48.5 Å². The first-order valence-corrected chi connectivity index (χ1v) is 8.67. The standard InChI is InChI=1S/C21H21NO4/c1-2-26-20-13-15(9-11-19(20)24)8-10-18(23)16-5-3-6-17(14-16)22-12-4-7-21(22)25/h3,5-6,8-11,13-14,24H,2,4,7,12H2,1H3. The Bertz CT molecular complexity index is 857. The van der Waals surface area contributed by atoms with Gasteiger partial charge in [-0.05, 0) is 49.2 Å². The van der Waals surface area contributed by atoms with Crippen LogP contribution in [0.2, 0.25) is 0 Å². The molecule has 1 aliphatic rings. The number of amides is 1. The molecule has 0 unspecified atom stereocenters. The SMILES string of the molecule is CCOc1cc(C=CC(=O)c2cccc(N3CCCC3=O)c2)ccc1O. The van der Waals surface area contributed by atoms with Crippen molar-refractivity contribution in [2.75, 3.05) is 18.1 Å². The van der Waals surface area contributed by atoms with E-state index >= 15 is 0 Å². The number of anilines is 1. The monoisotopic (exact) mass is 351 g/mol. The molecule has 134 valence electrons. The molecule has 0 aliphatic carbocycles. The van der Waals surface area contributed by atoms with Gasteiger partial charge < -0.3 is 14.7 Å². The summed E-state index contributed by atoms with van der Waals surface area (Å²) in [7, 11) is 0. The normalized spacial score (nSPS) is 14.2. The molecule has 1 aliphatic heterocycles. The van der Waals surface area contributed by atoms with Crippen LogP contribution in [-0.4, -0.2) is 29.9 Å². The zero-order valence-corrected chi connectivity index (χ0v) is 14.6. The van der Waals surface area contributed by atoms with Crippen molar-refractivity contribution in [3.8, 4) is 11.5 Å². The van der Waals surface area contributed by atoms with Gasteiger partial charge in [-0.1, -0.05) is 24.3 Å². The van der Waals surface area contributed by atoms with Crippen LogP contribution < -0.4 is 9.64 Å². The minimum atomic E-state index is -0.149. The van der Waals surface area contributed by atoms with E-state index in [0.29, 0.717) is 30.9 Å². The summed E-state index contributed by atoms with van der Waals surface area (Å²) >= 11 is 0. The maximum Gasteiger partial charge on any atom is 0.227 e. The minimum absolute atomic E-state index is 0.0679. The van der Waals surface area contributed by atoms with E-state index in [1.54, 1.807) is 41.3 Å². The van der Waals surface area contributed by atoms with E-state index in [9.17, 15) is 14.7 Å². The van der Waals surface area contributed by atoms with E-state index in [1.165, 1.54) is 12.1 Å². The molecule has 0 saturated carbocycles. The number of phenolic OH excluding ortho intramolecular Hbond substituents is 1. The van der Waals surface area contributed by atoms with Crippen molar-refractivity contribution in [2.24, 2.45) is 0 Å². The predicted octanol–water partition coefficient (Wildman–Crippen LogP) is 3.81. The number of ketones is 1. The summed E-state index contributed by atoms with van der Waals surface area (Å²) in [5.74, 6) is 0.400. The number of allylic oxidation sites excluding steroid dienone is 1. The van der Waals surface area contributed by atoms with Crippen LogP contribution in [0.4, 0.5) is 5.69 Å². The fraction of sp³-hybridized carbons (Fsp3) is 0.238. The number of carbonyl (C=O) groups excluding carboxylic acids is 2. The number of benzene rings is 2. The fourth-order valence-electron chi connectivity index (χ4n) is 2.92. The molecule has 2 aromatic carbocycles. The predicted molar refractivity (Wildman–Crippen MR) is 101 cm³/mol. The first kappa shape index (κ1) is 17.7. The number of hydrogen-bond donors (Lipinski definition) is 1. The molecule has 1 saturated heterocycles. The second-order valence-electron chi connectivity index (χ2n) is 6.06. The van der Waals surface area contributed by atoms with Crippen LogP contribution in [0.1, 0.15) is 35.7 Å². The fourth-order valence-corrected chi connectivity index (χ4v) is 2.92. The largest absolute Gasteiger partial charge is 0.504 e. The maximum atomic E-state index is 12.5. The summed E-state index contributed by atoms with van der Waals surface area (Å²) in [6.45, 7) is 2.98. The molecule has 5 heteroatoms. The quantitative estimate of drug-likeness (QED) is 0.635. The molecule has 0 atom stereocenters. The molecule has 2 aromatic rings. The number of rotatable bonds is 6. The van der Waals surface area contributed by atoms with E-state index in [1.807, 2.05) is 13.0 Å². The highest BCUT2D eigenvalue weighted by atomic mass is 16.5. The molecule has 5 nitrogen and oxygen atoms in total. The number of phenols is 1. The van der Waals surface area contributed by atoms with Crippen molar-refractivity contribution in [2.45, 2.75) is 19.8 Å². The lowest BCUT2D eigenvalue weighted by atomic mass is 10.1. The Labute approximate surface area is 152 Å². The molecule has 3 rings (SSSR count). The molecule has 1 N–H and O–H groups in total. The van der Waals surface area contributed by atoms with E-state index in [4.69, 9.17) is 4.74 Å². The number of hydrogen-bond acceptors (Lipinski definition) is 4. The summed E-state index contributed by atoms with van der Waals surface area (Å²) in [6, 6.07) is 12.0. The van der Waals surface area contributed by atoms with Crippen molar-refractivity contribution in [1.82, 2.24) is 0 Å². The number of nitrogens with zero attached hydrogens (tertiary/aromatic N) is 1. The van der Waals surface area contributed by atoms with Crippen LogP contribution in [0.25, 0.3) is 6.08 Å². The number of aromatic hydroxyl groups is 1. The average Bonchev–Trinajstić information content (AvgIpc) is 3.08. The second-order valence-corrected chi connectivity index (χ2v) is 6.06. The van der Waals surface area contributed by atoms with Gasteiger partial charge in [0.25, 0.3) is 0 Å². The Balaban J connectivity index is 1.77. The third kappa shape index (κ3) is 3.94. The van der Waals surface area contributed by atoms with Gasteiger partial charge in [-0.3, -0.25) is 9.59 Å². The summed E-state index contributed by atoms with van der Waals surface area (Å²) in [5, 5.41) is 9.73. The maximum absolute atomic E-state index is 12.5. The summed E-state index contributed by atoms with van der Waals surface area (Å²) in [4.78, 5) is 26.1. The Morgan fingerprint density at radius 3 is 2.85 bits per heavy atom. The van der Waals surface area contributed by atoms with Crippen molar-refractivity contribution >= 4 is 23.5 Å². The van der Waals surface area contributed by atoms with E-state index in [0.717, 1.165) is 17.7 Å². The first-order valence-electron chi connectivity index (χ1n) is 8.67. The molecule has 0 aromatic heterocycles. The van der Waals surface area contributed by atoms with Gasteiger partial charge in [-0.2, -0.15) is 0 Å². The van der Waals surface area contributed by atoms with Gasteiger partial charge in [0.2, 0.25) is 5.91 Å². The summed E-state index contributed by atoms with van der Waals surface area (Å²) < 4.78 is 5.35. The third-order valence-corrected chi connectivity index (χ3v) is 4.23. The Hall–Kier alpha value is -3.08. The molecule has 0 bridgehead atoms. The van der Waals surface area contributed by atoms with Crippen LogP contribution in [-0.2, 0) is 4.79 Å². The third-order valence-electron chi connectivity index (χ3n) is 4.23. The van der Waals surface area contributed by atoms with Crippen LogP contribution in [0, 0.1) is 0 Å². The molecule has 1 fully saturated rings. The summed E-state index contributed by atoms with van der Waals surface area (Å²) in [5.41, 5.74) is 2.04. The van der Waals surface area contributed by atoms with Crippen molar-refractivity contribution in [1.29, 1.82) is 0 Å². The Morgan fingerprint density at radius 1 is 1.27 bits per heavy atom. The number of ether oxygens (including phenoxy) is 1. The van der Waals surface area contributed by atoms with Gasteiger partial charge in [0, 0.05) is 24.2 Å². The Morgan fingerprint density at radius 2 is 2.12 bits per heavy atom. The van der Waals surface area contributed by atoms with Crippen molar-refractivity contribution < 1.29 is 19.4 Å². The van der Waals surface area contributed by atoms with Crippen molar-refractivity contribution in [3.05, 3.63) is 59.7 Å². The van der Waals surface area contributed by atoms with Gasteiger partial charge in [0.15, 0.2) is 17.3 Å². The molecule has 0 radical (unpaired) electrons. The van der Waals surface area contributed by atoms with Gasteiger partial charge >= 0.3 is 0 Å². The van der Waals surface area contributed by atoms with Crippen LogP contribution in [0.5, 0.6) is 11.5 Å². The van der Waals surface area contributed by atoms with Gasteiger partial charge in [-0.15, -0.1) is 0 Å². The Kier molecular flexibility index (Phi) is 5.37. The van der Waals surface area contributed by atoms with Crippen LogP contribution in [0.3, 0.4) is 0 Å². The first-order chi connectivity index (χ1) is 12.6. The highest BCUT2D eigenvalue weighted by molar-refractivity contribution is 6.08. The number of carbonyl (C=O) groups is 2. The lowest BCUT2D eigenvalue weighted by molar-refractivity contribution is -0.117. The van der Waals surface area contributed by atoms with E-state index in [2.05, 4.69) is 0 Å². The summed E-state index contributed by atoms with van der Waals surface area (Å²) in [6.07, 6.45) is 4.56. The average molecular weight is 351 g/mol.